The first-order valence-corrected chi connectivity index (χ1v) is 10.7. The Morgan fingerprint density at radius 3 is 2.49 bits per heavy atom. The Morgan fingerprint density at radius 2 is 1.89 bits per heavy atom. The van der Waals surface area contributed by atoms with E-state index in [9.17, 15) is 31.9 Å². The van der Waals surface area contributed by atoms with Crippen LogP contribution in [0.3, 0.4) is 0 Å². The molecule has 0 fully saturated rings. The minimum atomic E-state index is -4.87. The van der Waals surface area contributed by atoms with E-state index < -0.39 is 64.2 Å². The molecule has 1 unspecified atom stereocenters. The van der Waals surface area contributed by atoms with Crippen LogP contribution in [0, 0.1) is 12.7 Å². The highest BCUT2D eigenvalue weighted by atomic mass is 35.5. The van der Waals surface area contributed by atoms with Crippen LogP contribution in [-0.4, -0.2) is 32.9 Å². The smallest absolute Gasteiger partial charge is 0.417 e. The Balaban J connectivity index is 1.92. The molecule has 1 atom stereocenters. The molecule has 37 heavy (non-hydrogen) atoms. The largest absolute Gasteiger partial charge is 0.456 e. The number of anilines is 1. The summed E-state index contributed by atoms with van der Waals surface area (Å²) in [5, 5.41) is 14.4. The number of ether oxygens (including phenoxy) is 2. The SMILES string of the molecule is Cc1cc(F)ccc1Oc1cc(C(F)(F)F)c(Cl)cc1C(=O)Nc1cnn(COC(=O)C(C)O)c(=O)c1. The van der Waals surface area contributed by atoms with E-state index in [-0.39, 0.29) is 17.0 Å². The highest BCUT2D eigenvalue weighted by Crippen LogP contribution is 2.40. The number of rotatable bonds is 7. The molecule has 196 valence electrons. The number of amides is 1. The molecule has 1 heterocycles. The van der Waals surface area contributed by atoms with E-state index in [2.05, 4.69) is 15.2 Å². The Hall–Kier alpha value is -3.97. The van der Waals surface area contributed by atoms with E-state index in [0.717, 1.165) is 35.1 Å². The number of hydrogen-bond acceptors (Lipinski definition) is 7. The van der Waals surface area contributed by atoms with Crippen LogP contribution in [0.25, 0.3) is 0 Å². The molecule has 0 saturated carbocycles. The highest BCUT2D eigenvalue weighted by Gasteiger charge is 2.35. The predicted octanol–water partition coefficient (Wildman–Crippen LogP) is 4.29. The molecule has 9 nitrogen and oxygen atoms in total. The van der Waals surface area contributed by atoms with Crippen molar-refractivity contribution >= 4 is 29.2 Å². The number of esters is 1. The number of aliphatic hydroxyl groups is 1. The van der Waals surface area contributed by atoms with Gasteiger partial charge in [0.1, 0.15) is 23.4 Å². The quantitative estimate of drug-likeness (QED) is 0.337. The summed E-state index contributed by atoms with van der Waals surface area (Å²) in [6, 6.07) is 5.50. The number of aromatic nitrogens is 2. The lowest BCUT2D eigenvalue weighted by atomic mass is 10.1. The van der Waals surface area contributed by atoms with Crippen LogP contribution in [0.15, 0.2) is 47.4 Å². The molecule has 0 bridgehead atoms. The molecule has 3 rings (SSSR count). The first kappa shape index (κ1) is 27.6. The van der Waals surface area contributed by atoms with Crippen molar-refractivity contribution in [1.82, 2.24) is 9.78 Å². The number of aryl methyl sites for hydroxylation is 1. The van der Waals surface area contributed by atoms with Gasteiger partial charge in [-0.25, -0.2) is 9.18 Å². The second-order valence-corrected chi connectivity index (χ2v) is 8.05. The van der Waals surface area contributed by atoms with Gasteiger partial charge in [-0.05, 0) is 49.7 Å². The summed E-state index contributed by atoms with van der Waals surface area (Å²) in [4.78, 5) is 36.5. The fraction of sp³-hybridized carbons (Fsp3) is 0.217. The lowest BCUT2D eigenvalue weighted by Gasteiger charge is -2.17. The summed E-state index contributed by atoms with van der Waals surface area (Å²) in [7, 11) is 0. The van der Waals surface area contributed by atoms with Gasteiger partial charge < -0.3 is 19.9 Å². The topological polar surface area (TPSA) is 120 Å². The molecule has 2 aromatic carbocycles. The maximum Gasteiger partial charge on any atom is 0.417 e. The Morgan fingerprint density at radius 1 is 1.19 bits per heavy atom. The summed E-state index contributed by atoms with van der Waals surface area (Å²) in [6.07, 6.45) is -5.26. The van der Waals surface area contributed by atoms with Gasteiger partial charge in [0.2, 0.25) is 0 Å². The van der Waals surface area contributed by atoms with Crippen LogP contribution in [0.4, 0.5) is 23.2 Å². The fourth-order valence-corrected chi connectivity index (χ4v) is 3.19. The number of carbonyl (C=O) groups is 2. The fourth-order valence-electron chi connectivity index (χ4n) is 2.92. The molecular weight excluding hydrogens is 526 g/mol. The van der Waals surface area contributed by atoms with Gasteiger partial charge in [-0.15, -0.1) is 0 Å². The van der Waals surface area contributed by atoms with Crippen LogP contribution < -0.4 is 15.6 Å². The van der Waals surface area contributed by atoms with Gasteiger partial charge in [0.25, 0.3) is 11.5 Å². The molecule has 0 saturated heterocycles. The van der Waals surface area contributed by atoms with Crippen LogP contribution in [-0.2, 0) is 22.4 Å². The number of hydrogen-bond donors (Lipinski definition) is 2. The van der Waals surface area contributed by atoms with Gasteiger partial charge in [-0.3, -0.25) is 9.59 Å². The van der Waals surface area contributed by atoms with Crippen LogP contribution in [0.1, 0.15) is 28.4 Å². The molecule has 3 aromatic rings. The number of nitrogens with one attached hydrogen (secondary N) is 1. The number of halogens is 5. The van der Waals surface area contributed by atoms with Crippen molar-refractivity contribution < 1.29 is 41.7 Å². The third-order valence-electron chi connectivity index (χ3n) is 4.77. The van der Waals surface area contributed by atoms with Gasteiger partial charge in [0.05, 0.1) is 28.0 Å². The molecule has 0 spiro atoms. The minimum absolute atomic E-state index is 0.0121. The molecule has 1 amide bonds. The van der Waals surface area contributed by atoms with Crippen molar-refractivity contribution in [2.75, 3.05) is 5.32 Å². The first-order chi connectivity index (χ1) is 17.3. The summed E-state index contributed by atoms with van der Waals surface area (Å²) < 4.78 is 64.7. The third kappa shape index (κ3) is 6.83. The molecule has 0 aliphatic carbocycles. The molecule has 1 aromatic heterocycles. The van der Waals surface area contributed by atoms with E-state index in [1.165, 1.54) is 19.9 Å². The number of carbonyl (C=O) groups excluding carboxylic acids is 2. The number of benzene rings is 2. The van der Waals surface area contributed by atoms with Gasteiger partial charge in [0.15, 0.2) is 6.73 Å². The van der Waals surface area contributed by atoms with Crippen molar-refractivity contribution in [3.05, 3.63) is 80.5 Å². The number of nitrogens with zero attached hydrogens (tertiary/aromatic N) is 2. The average Bonchev–Trinajstić information content (AvgIpc) is 2.80. The zero-order valence-corrected chi connectivity index (χ0v) is 19.9. The molecule has 14 heteroatoms. The normalized spacial score (nSPS) is 12.1. The third-order valence-corrected chi connectivity index (χ3v) is 5.09. The van der Waals surface area contributed by atoms with Gasteiger partial charge >= 0.3 is 12.1 Å². The Labute approximate surface area is 211 Å². The minimum Gasteiger partial charge on any atom is -0.456 e. The van der Waals surface area contributed by atoms with Crippen LogP contribution in [0.2, 0.25) is 5.02 Å². The lowest BCUT2D eigenvalue weighted by molar-refractivity contribution is -0.157. The summed E-state index contributed by atoms with van der Waals surface area (Å²) in [5.41, 5.74) is -2.39. The summed E-state index contributed by atoms with van der Waals surface area (Å²) in [6.45, 7) is 2.01. The van der Waals surface area contributed by atoms with Crippen molar-refractivity contribution in [2.45, 2.75) is 32.9 Å². The Kier molecular flexibility index (Phi) is 8.18. The van der Waals surface area contributed by atoms with Crippen molar-refractivity contribution in [1.29, 1.82) is 0 Å². The van der Waals surface area contributed by atoms with Gasteiger partial charge in [-0.1, -0.05) is 11.6 Å². The van der Waals surface area contributed by atoms with Crippen molar-refractivity contribution in [3.63, 3.8) is 0 Å². The number of alkyl halides is 3. The summed E-state index contributed by atoms with van der Waals surface area (Å²) in [5.74, 6) is -3.13. The van der Waals surface area contributed by atoms with Gasteiger partial charge in [-0.2, -0.15) is 23.0 Å². The Bertz CT molecular complexity index is 1410. The lowest BCUT2D eigenvalue weighted by Crippen LogP contribution is -2.28. The van der Waals surface area contributed by atoms with E-state index in [1.54, 1.807) is 0 Å². The number of aliphatic hydroxyl groups excluding tert-OH is 1. The first-order valence-electron chi connectivity index (χ1n) is 10.3. The monoisotopic (exact) mass is 543 g/mol. The molecule has 0 aliphatic heterocycles. The second-order valence-electron chi connectivity index (χ2n) is 7.64. The standard InChI is InChI=1S/C23H18ClF4N3O6/c1-11-5-13(25)3-4-18(11)37-19-8-16(23(26,27)28)17(24)7-15(19)21(34)30-14-6-20(33)31(29-9-14)10-36-22(35)12(2)32/h3-9,12,32H,10H2,1-2H3,(H,30,34). The van der Waals surface area contributed by atoms with Crippen molar-refractivity contribution in [3.8, 4) is 11.5 Å². The molecule has 0 radical (unpaired) electrons. The average molecular weight is 544 g/mol. The van der Waals surface area contributed by atoms with E-state index >= 15 is 0 Å². The van der Waals surface area contributed by atoms with E-state index in [1.807, 2.05) is 0 Å². The zero-order chi connectivity index (χ0) is 27.5. The molecule has 2 N–H and O–H groups in total. The van der Waals surface area contributed by atoms with Gasteiger partial charge in [0, 0.05) is 6.07 Å². The molecule has 0 aliphatic rings. The van der Waals surface area contributed by atoms with Crippen LogP contribution in [0.5, 0.6) is 11.5 Å². The molecular formula is C23H18ClF4N3O6. The highest BCUT2D eigenvalue weighted by molar-refractivity contribution is 6.32. The van der Waals surface area contributed by atoms with Crippen LogP contribution >= 0.6 is 11.6 Å². The second kappa shape index (κ2) is 11.0. The maximum atomic E-state index is 13.4. The van der Waals surface area contributed by atoms with E-state index in [0.29, 0.717) is 6.07 Å². The van der Waals surface area contributed by atoms with E-state index in [4.69, 9.17) is 21.4 Å². The predicted molar refractivity (Wildman–Crippen MR) is 122 cm³/mol. The maximum absolute atomic E-state index is 13.4. The van der Waals surface area contributed by atoms with Crippen molar-refractivity contribution in [2.24, 2.45) is 0 Å². The zero-order valence-electron chi connectivity index (χ0n) is 19.1. The summed E-state index contributed by atoms with van der Waals surface area (Å²) >= 11 is 5.79.